The average Bonchev–Trinajstić information content (AvgIpc) is 2.67. The molecule has 3 N–H and O–H groups in total. The largest absolute Gasteiger partial charge is 0.368 e. The van der Waals surface area contributed by atoms with Gasteiger partial charge in [-0.3, -0.25) is 9.59 Å². The van der Waals surface area contributed by atoms with Gasteiger partial charge in [0.15, 0.2) is 0 Å². The van der Waals surface area contributed by atoms with Gasteiger partial charge in [0.05, 0.1) is 6.54 Å². The Bertz CT molecular complexity index is 527. The van der Waals surface area contributed by atoms with Gasteiger partial charge in [-0.2, -0.15) is 0 Å². The van der Waals surface area contributed by atoms with E-state index in [-0.39, 0.29) is 18.4 Å². The van der Waals surface area contributed by atoms with Gasteiger partial charge < -0.3 is 20.9 Å². The minimum Gasteiger partial charge on any atom is -0.368 e. The lowest BCUT2D eigenvalue weighted by Gasteiger charge is -2.36. The van der Waals surface area contributed by atoms with Crippen molar-refractivity contribution in [1.82, 2.24) is 10.2 Å². The first-order valence-electron chi connectivity index (χ1n) is 9.25. The van der Waals surface area contributed by atoms with E-state index >= 15 is 0 Å². The Kier molecular flexibility index (Phi) is 8.25. The van der Waals surface area contributed by atoms with Gasteiger partial charge in [-0.25, -0.2) is 0 Å². The maximum atomic E-state index is 12.2. The van der Waals surface area contributed by atoms with Crippen LogP contribution < -0.4 is 16.0 Å². The minimum absolute atomic E-state index is 0.00388. The van der Waals surface area contributed by atoms with Crippen molar-refractivity contribution in [1.29, 1.82) is 0 Å². The highest BCUT2D eigenvalue weighted by atomic mass is 16.2. The molecule has 138 valence electrons. The maximum absolute atomic E-state index is 12.2. The second-order valence-corrected chi connectivity index (χ2v) is 6.43. The Hall–Kier alpha value is -2.08. The van der Waals surface area contributed by atoms with Crippen molar-refractivity contribution in [3.8, 4) is 0 Å². The molecule has 2 amide bonds. The predicted octanol–water partition coefficient (Wildman–Crippen LogP) is 1.36. The van der Waals surface area contributed by atoms with Gasteiger partial charge in [0.1, 0.15) is 0 Å². The monoisotopic (exact) mass is 346 g/mol. The van der Waals surface area contributed by atoms with Crippen LogP contribution in [0.3, 0.4) is 0 Å². The van der Waals surface area contributed by atoms with Crippen molar-refractivity contribution in [3.05, 3.63) is 30.3 Å². The van der Waals surface area contributed by atoms with E-state index in [1.165, 1.54) is 5.69 Å². The molecule has 1 aliphatic rings. The van der Waals surface area contributed by atoms with E-state index in [0.717, 1.165) is 38.8 Å². The van der Waals surface area contributed by atoms with E-state index in [1.807, 2.05) is 23.1 Å². The van der Waals surface area contributed by atoms with Crippen molar-refractivity contribution in [2.24, 2.45) is 5.73 Å². The summed E-state index contributed by atoms with van der Waals surface area (Å²) in [5, 5.41) is 2.75. The van der Waals surface area contributed by atoms with Crippen LogP contribution in [-0.4, -0.2) is 56.0 Å². The topological polar surface area (TPSA) is 78.7 Å². The van der Waals surface area contributed by atoms with E-state index in [1.54, 1.807) is 0 Å². The highest BCUT2D eigenvalue weighted by molar-refractivity contribution is 5.84. The normalized spacial score (nSPS) is 14.4. The van der Waals surface area contributed by atoms with Crippen LogP contribution in [0, 0.1) is 0 Å². The summed E-state index contributed by atoms with van der Waals surface area (Å²) in [7, 11) is 0. The molecule has 0 radical (unpaired) electrons. The summed E-state index contributed by atoms with van der Waals surface area (Å²) in [5.74, 6) is -0.0341. The number of hydrogen-bond donors (Lipinski definition) is 2. The second-order valence-electron chi connectivity index (χ2n) is 6.43. The number of carbonyl (C=O) groups excluding carboxylic acids is 2. The summed E-state index contributed by atoms with van der Waals surface area (Å²) in [6.07, 6.45) is 4.43. The van der Waals surface area contributed by atoms with Crippen molar-refractivity contribution in [2.45, 2.75) is 32.1 Å². The van der Waals surface area contributed by atoms with Gasteiger partial charge in [0.2, 0.25) is 11.8 Å². The molecule has 1 saturated heterocycles. The zero-order valence-electron chi connectivity index (χ0n) is 15.0. The van der Waals surface area contributed by atoms with Crippen LogP contribution >= 0.6 is 0 Å². The number of carbonyl (C=O) groups is 2. The lowest BCUT2D eigenvalue weighted by Crippen LogP contribution is -2.51. The number of hydrogen-bond acceptors (Lipinski definition) is 4. The van der Waals surface area contributed by atoms with E-state index in [4.69, 9.17) is 5.73 Å². The van der Waals surface area contributed by atoms with Crippen LogP contribution in [0.15, 0.2) is 30.3 Å². The van der Waals surface area contributed by atoms with E-state index in [2.05, 4.69) is 22.3 Å². The van der Waals surface area contributed by atoms with E-state index in [0.29, 0.717) is 26.1 Å². The molecule has 25 heavy (non-hydrogen) atoms. The quantitative estimate of drug-likeness (QED) is 0.662. The zero-order valence-corrected chi connectivity index (χ0v) is 15.0. The number of anilines is 1. The van der Waals surface area contributed by atoms with Gasteiger partial charge in [-0.1, -0.05) is 31.0 Å². The van der Waals surface area contributed by atoms with Gasteiger partial charge >= 0.3 is 0 Å². The van der Waals surface area contributed by atoms with Crippen LogP contribution in [0.4, 0.5) is 5.69 Å². The number of para-hydroxylation sites is 1. The number of unbranched alkanes of at least 4 members (excludes halogenated alkanes) is 3. The Morgan fingerprint density at radius 2 is 1.64 bits per heavy atom. The second kappa shape index (κ2) is 10.7. The number of nitrogens with two attached hydrogens (primary N) is 1. The van der Waals surface area contributed by atoms with Gasteiger partial charge in [0, 0.05) is 38.3 Å². The molecule has 0 unspecified atom stereocenters. The first-order valence-corrected chi connectivity index (χ1v) is 9.25. The fourth-order valence-electron chi connectivity index (χ4n) is 3.01. The van der Waals surface area contributed by atoms with Crippen LogP contribution in [-0.2, 0) is 9.59 Å². The molecule has 1 heterocycles. The van der Waals surface area contributed by atoms with Gasteiger partial charge in [-0.05, 0) is 31.5 Å². The number of amides is 2. The summed E-state index contributed by atoms with van der Waals surface area (Å²) in [4.78, 5) is 28.1. The molecule has 0 bridgehead atoms. The van der Waals surface area contributed by atoms with Crippen LogP contribution in [0.1, 0.15) is 32.1 Å². The highest BCUT2D eigenvalue weighted by Gasteiger charge is 2.21. The smallest absolute Gasteiger partial charge is 0.242 e. The highest BCUT2D eigenvalue weighted by Crippen LogP contribution is 2.15. The number of nitrogens with zero attached hydrogens (tertiary/aromatic N) is 2. The standard InChI is InChI=1S/C19H30N4O2/c20-11-7-2-1-6-10-18(24)21-16-19(25)23-14-12-22(13-15-23)17-8-4-3-5-9-17/h3-5,8-9H,1-2,6-7,10-16,20H2,(H,21,24). The third-order valence-corrected chi connectivity index (χ3v) is 4.55. The minimum atomic E-state index is -0.0379. The molecular weight excluding hydrogens is 316 g/mol. The number of piperazine rings is 1. The molecule has 1 aromatic rings. The molecule has 2 rings (SSSR count). The first kappa shape index (κ1) is 19.2. The van der Waals surface area contributed by atoms with Crippen LogP contribution in [0.2, 0.25) is 0 Å². The Balaban J connectivity index is 1.61. The number of nitrogens with one attached hydrogen (secondary N) is 1. The fraction of sp³-hybridized carbons (Fsp3) is 0.579. The van der Waals surface area contributed by atoms with E-state index in [9.17, 15) is 9.59 Å². The lowest BCUT2D eigenvalue weighted by molar-refractivity contribution is -0.133. The Morgan fingerprint density at radius 3 is 2.32 bits per heavy atom. The van der Waals surface area contributed by atoms with Crippen LogP contribution in [0.25, 0.3) is 0 Å². The van der Waals surface area contributed by atoms with Crippen molar-refractivity contribution in [3.63, 3.8) is 0 Å². The molecule has 6 heteroatoms. The molecule has 0 saturated carbocycles. The lowest BCUT2D eigenvalue weighted by atomic mass is 10.1. The molecule has 0 atom stereocenters. The fourth-order valence-corrected chi connectivity index (χ4v) is 3.01. The number of benzene rings is 1. The third-order valence-electron chi connectivity index (χ3n) is 4.55. The van der Waals surface area contributed by atoms with E-state index < -0.39 is 0 Å². The Morgan fingerprint density at radius 1 is 0.960 bits per heavy atom. The summed E-state index contributed by atoms with van der Waals surface area (Å²) < 4.78 is 0. The SMILES string of the molecule is NCCCCCCC(=O)NCC(=O)N1CCN(c2ccccc2)CC1. The zero-order chi connectivity index (χ0) is 17.9. The maximum Gasteiger partial charge on any atom is 0.242 e. The summed E-state index contributed by atoms with van der Waals surface area (Å²) >= 11 is 0. The molecule has 0 spiro atoms. The number of rotatable bonds is 9. The average molecular weight is 346 g/mol. The molecular formula is C19H30N4O2. The van der Waals surface area contributed by atoms with Crippen molar-refractivity contribution in [2.75, 3.05) is 44.2 Å². The first-order chi connectivity index (χ1) is 12.2. The predicted molar refractivity (Wildman–Crippen MR) is 100 cm³/mol. The molecule has 1 fully saturated rings. The molecule has 0 aromatic heterocycles. The van der Waals surface area contributed by atoms with Crippen molar-refractivity contribution < 1.29 is 9.59 Å². The van der Waals surface area contributed by atoms with Crippen LogP contribution in [0.5, 0.6) is 0 Å². The molecule has 6 nitrogen and oxygen atoms in total. The molecule has 0 aliphatic carbocycles. The Labute approximate surface area is 150 Å². The van der Waals surface area contributed by atoms with Gasteiger partial charge in [0.25, 0.3) is 0 Å². The third kappa shape index (κ3) is 6.74. The summed E-state index contributed by atoms with van der Waals surface area (Å²) in [6, 6.07) is 10.2. The molecule has 1 aromatic carbocycles. The molecule has 1 aliphatic heterocycles. The summed E-state index contributed by atoms with van der Waals surface area (Å²) in [5.41, 5.74) is 6.63. The van der Waals surface area contributed by atoms with Gasteiger partial charge in [-0.15, -0.1) is 0 Å². The van der Waals surface area contributed by atoms with Crippen molar-refractivity contribution >= 4 is 17.5 Å². The summed E-state index contributed by atoms with van der Waals surface area (Å²) in [6.45, 7) is 3.85.